The van der Waals surface area contributed by atoms with Crippen LogP contribution in [0.25, 0.3) is 0 Å². The van der Waals surface area contributed by atoms with Gasteiger partial charge in [0.1, 0.15) is 0 Å². The molecule has 0 saturated carbocycles. The molecule has 1 aliphatic heterocycles. The molecule has 1 heterocycles. The Morgan fingerprint density at radius 1 is 1.31 bits per heavy atom. The largest absolute Gasteiger partial charge is 0.329 e. The summed E-state index contributed by atoms with van der Waals surface area (Å²) in [5, 5.41) is 3.75. The average molecular weight is 219 g/mol. The molecule has 1 aliphatic rings. The number of nitrogens with two attached hydrogens (primary N) is 1. The molecule has 4 nitrogen and oxygen atoms in total. The fourth-order valence-corrected chi connectivity index (χ4v) is 1.94. The van der Waals surface area contributed by atoms with E-state index in [0.717, 1.165) is 18.8 Å². The third kappa shape index (κ3) is 2.08. The van der Waals surface area contributed by atoms with E-state index in [1.54, 1.807) is 5.01 Å². The van der Waals surface area contributed by atoms with E-state index in [0.29, 0.717) is 13.0 Å². The van der Waals surface area contributed by atoms with Crippen molar-refractivity contribution >= 4 is 11.6 Å². The van der Waals surface area contributed by atoms with Crippen LogP contribution in [0.1, 0.15) is 12.0 Å². The van der Waals surface area contributed by atoms with Crippen LogP contribution in [-0.4, -0.2) is 30.6 Å². The van der Waals surface area contributed by atoms with Crippen LogP contribution in [0.3, 0.4) is 0 Å². The second kappa shape index (κ2) is 4.63. The van der Waals surface area contributed by atoms with Gasteiger partial charge in [0, 0.05) is 26.1 Å². The second-order valence-corrected chi connectivity index (χ2v) is 4.03. The van der Waals surface area contributed by atoms with Crippen LogP contribution >= 0.6 is 0 Å². The van der Waals surface area contributed by atoms with Gasteiger partial charge in [0.05, 0.1) is 5.69 Å². The van der Waals surface area contributed by atoms with Crippen LogP contribution in [0.4, 0.5) is 5.69 Å². The number of hydrazine groups is 1. The Hall–Kier alpha value is -1.39. The average Bonchev–Trinajstić information content (AvgIpc) is 2.62. The standard InChI is InChI=1S/C12H17N3O/c1-10-2-4-11(5-3-10)15-12(16)6-8-14(15)9-7-13/h2-5H,6-9,13H2,1H3. The van der Waals surface area contributed by atoms with Crippen LogP contribution in [0.15, 0.2) is 24.3 Å². The first-order chi connectivity index (χ1) is 7.72. The predicted molar refractivity (Wildman–Crippen MR) is 63.9 cm³/mol. The molecular formula is C12H17N3O. The first-order valence-electron chi connectivity index (χ1n) is 5.57. The van der Waals surface area contributed by atoms with Crippen LogP contribution < -0.4 is 10.7 Å². The van der Waals surface area contributed by atoms with E-state index in [1.165, 1.54) is 5.56 Å². The molecular weight excluding hydrogens is 202 g/mol. The number of hydrogen-bond donors (Lipinski definition) is 1. The number of anilines is 1. The van der Waals surface area contributed by atoms with Gasteiger partial charge in [0.15, 0.2) is 0 Å². The molecule has 1 saturated heterocycles. The Kier molecular flexibility index (Phi) is 3.22. The molecule has 0 aromatic heterocycles. The van der Waals surface area contributed by atoms with Crippen LogP contribution in [0.5, 0.6) is 0 Å². The van der Waals surface area contributed by atoms with E-state index < -0.39 is 0 Å². The summed E-state index contributed by atoms with van der Waals surface area (Å²) >= 11 is 0. The van der Waals surface area contributed by atoms with Gasteiger partial charge >= 0.3 is 0 Å². The normalized spacial score (nSPS) is 17.1. The van der Waals surface area contributed by atoms with Crippen molar-refractivity contribution in [3.05, 3.63) is 29.8 Å². The van der Waals surface area contributed by atoms with E-state index in [2.05, 4.69) is 0 Å². The zero-order chi connectivity index (χ0) is 11.5. The number of amides is 1. The molecule has 0 unspecified atom stereocenters. The molecule has 0 atom stereocenters. The number of benzene rings is 1. The fourth-order valence-electron chi connectivity index (χ4n) is 1.94. The third-order valence-electron chi connectivity index (χ3n) is 2.77. The van der Waals surface area contributed by atoms with Crippen LogP contribution in [-0.2, 0) is 4.79 Å². The van der Waals surface area contributed by atoms with Gasteiger partial charge in [-0.15, -0.1) is 0 Å². The molecule has 1 amide bonds. The summed E-state index contributed by atoms with van der Waals surface area (Å²) in [7, 11) is 0. The van der Waals surface area contributed by atoms with Gasteiger partial charge in [0.25, 0.3) is 0 Å². The number of carbonyl (C=O) groups excluding carboxylic acids is 1. The molecule has 0 aliphatic carbocycles. The highest BCUT2D eigenvalue weighted by atomic mass is 16.2. The van der Waals surface area contributed by atoms with E-state index in [4.69, 9.17) is 5.73 Å². The van der Waals surface area contributed by atoms with Crippen molar-refractivity contribution in [2.24, 2.45) is 5.73 Å². The molecule has 0 radical (unpaired) electrons. The van der Waals surface area contributed by atoms with Gasteiger partial charge in [-0.25, -0.2) is 10.0 Å². The van der Waals surface area contributed by atoms with Crippen molar-refractivity contribution in [1.29, 1.82) is 0 Å². The minimum absolute atomic E-state index is 0.150. The summed E-state index contributed by atoms with van der Waals surface area (Å²) in [5.41, 5.74) is 7.67. The second-order valence-electron chi connectivity index (χ2n) is 4.03. The lowest BCUT2D eigenvalue weighted by Crippen LogP contribution is -2.41. The molecule has 1 aromatic carbocycles. The summed E-state index contributed by atoms with van der Waals surface area (Å²) in [6.45, 7) is 4.09. The lowest BCUT2D eigenvalue weighted by molar-refractivity contribution is -0.118. The number of carbonyl (C=O) groups is 1. The SMILES string of the molecule is Cc1ccc(N2C(=O)CCN2CCN)cc1. The zero-order valence-electron chi connectivity index (χ0n) is 9.52. The number of hydrogen-bond acceptors (Lipinski definition) is 3. The Bertz CT molecular complexity index is 374. The minimum atomic E-state index is 0.150. The maximum Gasteiger partial charge on any atom is 0.242 e. The van der Waals surface area contributed by atoms with E-state index in [1.807, 2.05) is 36.2 Å². The van der Waals surface area contributed by atoms with Crippen LogP contribution in [0.2, 0.25) is 0 Å². The molecule has 86 valence electrons. The van der Waals surface area contributed by atoms with Crippen molar-refractivity contribution in [3.63, 3.8) is 0 Å². The Labute approximate surface area is 95.6 Å². The monoisotopic (exact) mass is 219 g/mol. The van der Waals surface area contributed by atoms with Gasteiger partial charge in [-0.2, -0.15) is 0 Å². The Balaban J connectivity index is 2.22. The molecule has 16 heavy (non-hydrogen) atoms. The van der Waals surface area contributed by atoms with Crippen molar-refractivity contribution in [2.75, 3.05) is 24.6 Å². The lowest BCUT2D eigenvalue weighted by Gasteiger charge is -2.27. The molecule has 0 bridgehead atoms. The summed E-state index contributed by atoms with van der Waals surface area (Å²) in [5.74, 6) is 0.150. The highest BCUT2D eigenvalue weighted by Gasteiger charge is 2.29. The number of rotatable bonds is 3. The van der Waals surface area contributed by atoms with Gasteiger partial charge in [-0.3, -0.25) is 4.79 Å². The lowest BCUT2D eigenvalue weighted by atomic mass is 10.2. The van der Waals surface area contributed by atoms with Crippen molar-refractivity contribution < 1.29 is 4.79 Å². The molecule has 4 heteroatoms. The summed E-state index contributed by atoms with van der Waals surface area (Å²) in [6.07, 6.45) is 0.577. The molecule has 1 fully saturated rings. The summed E-state index contributed by atoms with van der Waals surface area (Å²) < 4.78 is 0. The zero-order valence-corrected chi connectivity index (χ0v) is 9.52. The fraction of sp³-hybridized carbons (Fsp3) is 0.417. The van der Waals surface area contributed by atoms with Gasteiger partial charge in [-0.1, -0.05) is 17.7 Å². The maximum atomic E-state index is 11.8. The van der Waals surface area contributed by atoms with Gasteiger partial charge in [-0.05, 0) is 19.1 Å². The molecule has 2 rings (SSSR count). The third-order valence-corrected chi connectivity index (χ3v) is 2.77. The highest BCUT2D eigenvalue weighted by molar-refractivity contribution is 5.94. The predicted octanol–water partition coefficient (Wildman–Crippen LogP) is 0.907. The summed E-state index contributed by atoms with van der Waals surface area (Å²) in [4.78, 5) is 11.8. The van der Waals surface area contributed by atoms with Crippen molar-refractivity contribution in [3.8, 4) is 0 Å². The first kappa shape index (κ1) is 11.1. The number of nitrogens with zero attached hydrogens (tertiary/aromatic N) is 2. The molecule has 0 spiro atoms. The maximum absolute atomic E-state index is 11.8. The highest BCUT2D eigenvalue weighted by Crippen LogP contribution is 2.22. The van der Waals surface area contributed by atoms with Crippen molar-refractivity contribution in [2.45, 2.75) is 13.3 Å². The van der Waals surface area contributed by atoms with E-state index in [-0.39, 0.29) is 5.91 Å². The van der Waals surface area contributed by atoms with Crippen molar-refractivity contribution in [1.82, 2.24) is 5.01 Å². The summed E-state index contributed by atoms with van der Waals surface area (Å²) in [6, 6.07) is 7.98. The van der Waals surface area contributed by atoms with Crippen LogP contribution in [0, 0.1) is 6.92 Å². The van der Waals surface area contributed by atoms with E-state index in [9.17, 15) is 4.79 Å². The minimum Gasteiger partial charge on any atom is -0.329 e. The molecule has 1 aromatic rings. The topological polar surface area (TPSA) is 49.6 Å². The quantitative estimate of drug-likeness (QED) is 0.822. The van der Waals surface area contributed by atoms with E-state index >= 15 is 0 Å². The Morgan fingerprint density at radius 2 is 2.00 bits per heavy atom. The molecule has 2 N–H and O–H groups in total. The number of aryl methyl sites for hydroxylation is 1. The smallest absolute Gasteiger partial charge is 0.242 e. The van der Waals surface area contributed by atoms with Gasteiger partial charge in [0.2, 0.25) is 5.91 Å². The van der Waals surface area contributed by atoms with Gasteiger partial charge < -0.3 is 5.73 Å². The Morgan fingerprint density at radius 3 is 2.62 bits per heavy atom. The first-order valence-corrected chi connectivity index (χ1v) is 5.57.